The molecule has 1 aromatic carbocycles. The molecular formula is C15H21N3O. The summed E-state index contributed by atoms with van der Waals surface area (Å²) in [5.74, 6) is 1.92. The van der Waals surface area contributed by atoms with Crippen LogP contribution < -0.4 is 10.5 Å². The Hall–Kier alpha value is -1.81. The molecule has 4 heteroatoms. The highest BCUT2D eigenvalue weighted by Gasteiger charge is 2.08. The van der Waals surface area contributed by atoms with E-state index in [0.29, 0.717) is 0 Å². The summed E-state index contributed by atoms with van der Waals surface area (Å²) in [5.41, 5.74) is 7.22. The first-order valence-corrected chi connectivity index (χ1v) is 6.61. The number of hydrogen-bond acceptors (Lipinski definition) is 3. The van der Waals surface area contributed by atoms with Crippen molar-refractivity contribution < 1.29 is 4.74 Å². The first kappa shape index (κ1) is 13.6. The molecule has 1 heterocycles. The Kier molecular flexibility index (Phi) is 4.58. The maximum absolute atomic E-state index is 5.99. The van der Waals surface area contributed by atoms with Gasteiger partial charge in [-0.1, -0.05) is 19.1 Å². The van der Waals surface area contributed by atoms with Gasteiger partial charge in [0.1, 0.15) is 11.6 Å². The van der Waals surface area contributed by atoms with Gasteiger partial charge < -0.3 is 15.0 Å². The molecule has 0 radical (unpaired) electrons. The van der Waals surface area contributed by atoms with Crippen molar-refractivity contribution in [2.75, 3.05) is 7.11 Å². The molecule has 0 spiro atoms. The molecule has 0 saturated carbocycles. The van der Waals surface area contributed by atoms with Crippen LogP contribution in [-0.4, -0.2) is 22.7 Å². The van der Waals surface area contributed by atoms with Gasteiger partial charge in [-0.15, -0.1) is 0 Å². The molecule has 0 aliphatic carbocycles. The summed E-state index contributed by atoms with van der Waals surface area (Å²) in [7, 11) is 1.68. The van der Waals surface area contributed by atoms with Gasteiger partial charge in [-0.25, -0.2) is 4.98 Å². The molecule has 0 aliphatic rings. The van der Waals surface area contributed by atoms with Crippen molar-refractivity contribution in [3.05, 3.63) is 48.0 Å². The Balaban J connectivity index is 2.07. The smallest absolute Gasteiger partial charge is 0.118 e. The average Bonchev–Trinajstić information content (AvgIpc) is 2.86. The van der Waals surface area contributed by atoms with E-state index in [1.54, 1.807) is 7.11 Å². The van der Waals surface area contributed by atoms with Gasteiger partial charge in [0.25, 0.3) is 0 Å². The fraction of sp³-hybridized carbons (Fsp3) is 0.400. The minimum absolute atomic E-state index is 0.178. The third-order valence-corrected chi connectivity index (χ3v) is 3.28. The van der Waals surface area contributed by atoms with Crippen LogP contribution in [0.3, 0.4) is 0 Å². The molecule has 0 saturated heterocycles. The van der Waals surface area contributed by atoms with Crippen molar-refractivity contribution in [1.29, 1.82) is 0 Å². The van der Waals surface area contributed by atoms with Gasteiger partial charge in [0.15, 0.2) is 0 Å². The lowest BCUT2D eigenvalue weighted by molar-refractivity contribution is 0.414. The number of methoxy groups -OCH3 is 1. The molecule has 0 fully saturated rings. The zero-order valence-electron chi connectivity index (χ0n) is 11.5. The molecule has 2 aromatic rings. The van der Waals surface area contributed by atoms with Crippen molar-refractivity contribution in [2.24, 2.45) is 5.73 Å². The lowest BCUT2D eigenvalue weighted by Crippen LogP contribution is -2.23. The number of rotatable bonds is 6. The molecule has 1 atom stereocenters. The van der Waals surface area contributed by atoms with E-state index < -0.39 is 0 Å². The van der Waals surface area contributed by atoms with Crippen LogP contribution >= 0.6 is 0 Å². The minimum atomic E-state index is 0.178. The average molecular weight is 259 g/mol. The topological polar surface area (TPSA) is 53.1 Å². The Labute approximate surface area is 114 Å². The van der Waals surface area contributed by atoms with E-state index in [1.165, 1.54) is 5.56 Å². The normalized spacial score (nSPS) is 12.4. The second-order valence-corrected chi connectivity index (χ2v) is 4.69. The van der Waals surface area contributed by atoms with Crippen LogP contribution in [0.4, 0.5) is 0 Å². The Morgan fingerprint density at radius 1 is 1.32 bits per heavy atom. The van der Waals surface area contributed by atoms with Gasteiger partial charge in [0.2, 0.25) is 0 Å². The zero-order valence-corrected chi connectivity index (χ0v) is 11.5. The first-order chi connectivity index (χ1) is 9.22. The van der Waals surface area contributed by atoms with E-state index in [2.05, 4.69) is 28.6 Å². The quantitative estimate of drug-likeness (QED) is 0.865. The minimum Gasteiger partial charge on any atom is -0.497 e. The number of nitrogens with two attached hydrogens (primary N) is 1. The van der Waals surface area contributed by atoms with Gasteiger partial charge in [0, 0.05) is 31.4 Å². The summed E-state index contributed by atoms with van der Waals surface area (Å²) >= 11 is 0. The summed E-state index contributed by atoms with van der Waals surface area (Å²) in [6.07, 6.45) is 5.62. The summed E-state index contributed by atoms with van der Waals surface area (Å²) in [6.45, 7) is 2.91. The number of nitrogens with zero attached hydrogens (tertiary/aromatic N) is 2. The van der Waals surface area contributed by atoms with Gasteiger partial charge >= 0.3 is 0 Å². The summed E-state index contributed by atoms with van der Waals surface area (Å²) < 4.78 is 7.31. The molecule has 0 bridgehead atoms. The first-order valence-electron chi connectivity index (χ1n) is 6.61. The Morgan fingerprint density at radius 3 is 2.68 bits per heavy atom. The molecular weight excluding hydrogens is 238 g/mol. The predicted molar refractivity (Wildman–Crippen MR) is 76.3 cm³/mol. The Morgan fingerprint density at radius 2 is 2.05 bits per heavy atom. The van der Waals surface area contributed by atoms with Crippen LogP contribution in [-0.2, 0) is 13.0 Å². The lowest BCUT2D eigenvalue weighted by Gasteiger charge is -2.11. The largest absolute Gasteiger partial charge is 0.497 e. The van der Waals surface area contributed by atoms with E-state index in [0.717, 1.165) is 31.0 Å². The van der Waals surface area contributed by atoms with E-state index in [-0.39, 0.29) is 6.04 Å². The SMILES string of the molecule is CCC(N)Cc1nccn1Cc1ccc(OC)cc1. The van der Waals surface area contributed by atoms with E-state index >= 15 is 0 Å². The molecule has 0 aliphatic heterocycles. The van der Waals surface area contributed by atoms with Crippen molar-refractivity contribution in [3.8, 4) is 5.75 Å². The summed E-state index contributed by atoms with van der Waals surface area (Å²) in [5, 5.41) is 0. The molecule has 19 heavy (non-hydrogen) atoms. The van der Waals surface area contributed by atoms with Crippen LogP contribution in [0, 0.1) is 0 Å². The third-order valence-electron chi connectivity index (χ3n) is 3.28. The molecule has 102 valence electrons. The number of hydrogen-bond donors (Lipinski definition) is 1. The fourth-order valence-electron chi connectivity index (χ4n) is 1.98. The molecule has 1 aromatic heterocycles. The van der Waals surface area contributed by atoms with Gasteiger partial charge in [-0.2, -0.15) is 0 Å². The second kappa shape index (κ2) is 6.38. The molecule has 1 unspecified atom stereocenters. The van der Waals surface area contributed by atoms with Gasteiger partial charge in [0.05, 0.1) is 7.11 Å². The van der Waals surface area contributed by atoms with Crippen molar-refractivity contribution in [2.45, 2.75) is 32.4 Å². The second-order valence-electron chi connectivity index (χ2n) is 4.69. The number of imidazole rings is 1. The standard InChI is InChI=1S/C15H21N3O/c1-3-13(16)10-15-17-8-9-18(15)11-12-4-6-14(19-2)7-5-12/h4-9,13H,3,10-11,16H2,1-2H3. The summed E-state index contributed by atoms with van der Waals surface area (Å²) in [6, 6.07) is 8.27. The maximum atomic E-state index is 5.99. The van der Waals surface area contributed by atoms with E-state index in [9.17, 15) is 0 Å². The Bertz CT molecular complexity index is 504. The highest BCUT2D eigenvalue weighted by Crippen LogP contribution is 2.13. The van der Waals surface area contributed by atoms with Crippen LogP contribution in [0.2, 0.25) is 0 Å². The highest BCUT2D eigenvalue weighted by molar-refractivity contribution is 5.27. The molecule has 4 nitrogen and oxygen atoms in total. The zero-order chi connectivity index (χ0) is 13.7. The van der Waals surface area contributed by atoms with Crippen molar-refractivity contribution in [3.63, 3.8) is 0 Å². The highest BCUT2D eigenvalue weighted by atomic mass is 16.5. The monoisotopic (exact) mass is 259 g/mol. The third kappa shape index (κ3) is 3.58. The molecule has 2 N–H and O–H groups in total. The fourth-order valence-corrected chi connectivity index (χ4v) is 1.98. The number of benzene rings is 1. The van der Waals surface area contributed by atoms with Crippen LogP contribution in [0.15, 0.2) is 36.7 Å². The van der Waals surface area contributed by atoms with Crippen molar-refractivity contribution in [1.82, 2.24) is 9.55 Å². The molecule has 0 amide bonds. The van der Waals surface area contributed by atoms with E-state index in [4.69, 9.17) is 10.5 Å². The predicted octanol–water partition coefficient (Wildman–Crippen LogP) is 2.22. The van der Waals surface area contributed by atoms with Crippen LogP contribution in [0.25, 0.3) is 0 Å². The van der Waals surface area contributed by atoms with Crippen LogP contribution in [0.1, 0.15) is 24.7 Å². The van der Waals surface area contributed by atoms with Crippen LogP contribution in [0.5, 0.6) is 5.75 Å². The van der Waals surface area contributed by atoms with Gasteiger partial charge in [-0.3, -0.25) is 0 Å². The van der Waals surface area contributed by atoms with Crippen molar-refractivity contribution >= 4 is 0 Å². The maximum Gasteiger partial charge on any atom is 0.118 e. The summed E-state index contributed by atoms with van der Waals surface area (Å²) in [4.78, 5) is 4.39. The molecule has 2 rings (SSSR count). The lowest BCUT2D eigenvalue weighted by atomic mass is 10.1. The van der Waals surface area contributed by atoms with E-state index in [1.807, 2.05) is 24.5 Å². The number of aromatic nitrogens is 2. The van der Waals surface area contributed by atoms with Gasteiger partial charge in [-0.05, 0) is 24.1 Å². The number of ether oxygens (including phenoxy) is 1.